The molecule has 0 atom stereocenters. The Morgan fingerprint density at radius 3 is 2.56 bits per heavy atom. The molecule has 0 radical (unpaired) electrons. The molecular weight excluding hydrogens is 217 g/mol. The number of rotatable bonds is 2. The van der Waals surface area contributed by atoms with Crippen LogP contribution in [0.3, 0.4) is 0 Å². The van der Waals surface area contributed by atoms with Crippen LogP contribution in [0.25, 0.3) is 0 Å². The predicted molar refractivity (Wildman–Crippen MR) is 55.1 cm³/mol. The minimum absolute atomic E-state index is 0.0861. The van der Waals surface area contributed by atoms with E-state index in [0.717, 1.165) is 31.4 Å². The minimum Gasteiger partial charge on any atom is -0.365 e. The molecule has 0 bridgehead atoms. The van der Waals surface area contributed by atoms with Crippen molar-refractivity contribution in [1.82, 2.24) is 4.98 Å². The van der Waals surface area contributed by atoms with Gasteiger partial charge in [0.1, 0.15) is 5.82 Å². The Labute approximate surface area is 91.9 Å². The van der Waals surface area contributed by atoms with Crippen molar-refractivity contribution in [3.8, 4) is 0 Å². The van der Waals surface area contributed by atoms with Gasteiger partial charge in [0.2, 0.25) is 0 Å². The van der Waals surface area contributed by atoms with Crippen molar-refractivity contribution >= 4 is 5.82 Å². The van der Waals surface area contributed by atoms with Gasteiger partial charge in [-0.3, -0.25) is 0 Å². The van der Waals surface area contributed by atoms with Crippen molar-refractivity contribution in [2.45, 2.75) is 37.9 Å². The number of hydrogen-bond donors (Lipinski definition) is 1. The van der Waals surface area contributed by atoms with E-state index in [9.17, 15) is 13.2 Å². The van der Waals surface area contributed by atoms with Crippen LogP contribution >= 0.6 is 0 Å². The third-order valence-corrected chi connectivity index (χ3v) is 2.97. The number of nitrogens with zero attached hydrogens (tertiary/aromatic N) is 1. The number of hydrogen-bond acceptors (Lipinski definition) is 2. The Kier molecular flexibility index (Phi) is 2.56. The number of halogens is 3. The molecule has 2 nitrogen and oxygen atoms in total. The quantitative estimate of drug-likeness (QED) is 0.841. The van der Waals surface area contributed by atoms with Crippen LogP contribution in [0.2, 0.25) is 0 Å². The maximum absolute atomic E-state index is 12.4. The van der Waals surface area contributed by atoms with Gasteiger partial charge in [0, 0.05) is 11.7 Å². The summed E-state index contributed by atoms with van der Waals surface area (Å²) in [6.45, 7) is 2.00. The van der Waals surface area contributed by atoms with Gasteiger partial charge in [-0.1, -0.05) is 0 Å². The summed E-state index contributed by atoms with van der Waals surface area (Å²) < 4.78 is 37.3. The van der Waals surface area contributed by atoms with Crippen LogP contribution in [-0.4, -0.2) is 10.5 Å². The van der Waals surface area contributed by atoms with Gasteiger partial charge in [-0.15, -0.1) is 0 Å². The molecule has 1 N–H and O–H groups in total. The van der Waals surface area contributed by atoms with E-state index in [1.807, 2.05) is 6.92 Å². The van der Waals surface area contributed by atoms with Crippen LogP contribution in [0.4, 0.5) is 19.0 Å². The molecule has 0 amide bonds. The SMILES string of the molecule is CC1(Nc2cc(C(F)(F)F)ccn2)CCC1. The lowest BCUT2D eigenvalue weighted by Gasteiger charge is -2.39. The van der Waals surface area contributed by atoms with Gasteiger partial charge in [-0.25, -0.2) is 4.98 Å². The molecule has 16 heavy (non-hydrogen) atoms. The molecule has 88 valence electrons. The van der Waals surface area contributed by atoms with E-state index in [0.29, 0.717) is 5.82 Å². The monoisotopic (exact) mass is 230 g/mol. The van der Waals surface area contributed by atoms with Gasteiger partial charge in [0.05, 0.1) is 5.56 Å². The van der Waals surface area contributed by atoms with Gasteiger partial charge < -0.3 is 5.32 Å². The smallest absolute Gasteiger partial charge is 0.365 e. The molecule has 0 aromatic carbocycles. The largest absolute Gasteiger partial charge is 0.416 e. The van der Waals surface area contributed by atoms with E-state index in [-0.39, 0.29) is 5.54 Å². The van der Waals surface area contributed by atoms with E-state index in [4.69, 9.17) is 0 Å². The first-order valence-electron chi connectivity index (χ1n) is 5.21. The fourth-order valence-electron chi connectivity index (χ4n) is 1.82. The van der Waals surface area contributed by atoms with Crippen LogP contribution in [0.1, 0.15) is 31.7 Å². The Balaban J connectivity index is 2.16. The van der Waals surface area contributed by atoms with Crippen LogP contribution in [0.15, 0.2) is 18.3 Å². The molecule has 1 aromatic rings. The standard InChI is InChI=1S/C11H13F3N2/c1-10(4-2-5-10)16-9-7-8(3-6-15-9)11(12,13)14/h3,6-7H,2,4-5H2,1H3,(H,15,16). The zero-order valence-corrected chi connectivity index (χ0v) is 8.93. The second kappa shape index (κ2) is 3.64. The van der Waals surface area contributed by atoms with Crippen LogP contribution < -0.4 is 5.32 Å². The Bertz CT molecular complexity index is 383. The highest BCUT2D eigenvalue weighted by Gasteiger charge is 2.34. The number of aromatic nitrogens is 1. The van der Waals surface area contributed by atoms with Crippen molar-refractivity contribution < 1.29 is 13.2 Å². The third kappa shape index (κ3) is 2.28. The molecule has 1 heterocycles. The maximum Gasteiger partial charge on any atom is 0.416 e. The highest BCUT2D eigenvalue weighted by atomic mass is 19.4. The minimum atomic E-state index is -4.31. The average Bonchev–Trinajstić information content (AvgIpc) is 2.14. The summed E-state index contributed by atoms with van der Waals surface area (Å²) in [6, 6.07) is 2.04. The topological polar surface area (TPSA) is 24.9 Å². The van der Waals surface area contributed by atoms with Gasteiger partial charge in [-0.05, 0) is 38.3 Å². The second-order valence-electron chi connectivity index (χ2n) is 4.47. The lowest BCUT2D eigenvalue weighted by atomic mass is 9.78. The normalized spacial score (nSPS) is 19.0. The van der Waals surface area contributed by atoms with E-state index < -0.39 is 11.7 Å². The summed E-state index contributed by atoms with van der Waals surface area (Å²) in [5, 5.41) is 3.06. The molecule has 2 rings (SSSR count). The van der Waals surface area contributed by atoms with Crippen LogP contribution in [-0.2, 0) is 6.18 Å². The van der Waals surface area contributed by atoms with E-state index in [2.05, 4.69) is 10.3 Å². The summed E-state index contributed by atoms with van der Waals surface area (Å²) in [6.07, 6.45) is -0.0502. The molecule has 0 spiro atoms. The first kappa shape index (κ1) is 11.2. The number of pyridine rings is 1. The summed E-state index contributed by atoms with van der Waals surface area (Å²) in [5.41, 5.74) is -0.745. The van der Waals surface area contributed by atoms with Crippen molar-refractivity contribution in [3.05, 3.63) is 23.9 Å². The van der Waals surface area contributed by atoms with E-state index >= 15 is 0 Å². The third-order valence-electron chi connectivity index (χ3n) is 2.97. The fraction of sp³-hybridized carbons (Fsp3) is 0.545. The van der Waals surface area contributed by atoms with Gasteiger partial charge in [0.25, 0.3) is 0 Å². The summed E-state index contributed by atoms with van der Waals surface area (Å²) >= 11 is 0. The number of anilines is 1. The average molecular weight is 230 g/mol. The summed E-state index contributed by atoms with van der Waals surface area (Å²) in [5.74, 6) is 0.303. The molecule has 1 saturated carbocycles. The molecule has 0 unspecified atom stereocenters. The van der Waals surface area contributed by atoms with Crippen molar-refractivity contribution in [2.24, 2.45) is 0 Å². The lowest BCUT2D eigenvalue weighted by Crippen LogP contribution is -2.41. The second-order valence-corrected chi connectivity index (χ2v) is 4.47. The molecule has 1 aliphatic carbocycles. The van der Waals surface area contributed by atoms with Crippen molar-refractivity contribution in [1.29, 1.82) is 0 Å². The zero-order valence-electron chi connectivity index (χ0n) is 8.93. The molecular formula is C11H13F3N2. The molecule has 1 aliphatic rings. The molecule has 1 aromatic heterocycles. The van der Waals surface area contributed by atoms with Crippen LogP contribution in [0.5, 0.6) is 0 Å². The van der Waals surface area contributed by atoms with Crippen molar-refractivity contribution in [2.75, 3.05) is 5.32 Å². The van der Waals surface area contributed by atoms with Gasteiger partial charge in [0.15, 0.2) is 0 Å². The summed E-state index contributed by atoms with van der Waals surface area (Å²) in [7, 11) is 0. The highest BCUT2D eigenvalue weighted by molar-refractivity contribution is 5.41. The molecule has 0 saturated heterocycles. The Hall–Kier alpha value is -1.26. The van der Waals surface area contributed by atoms with Crippen molar-refractivity contribution in [3.63, 3.8) is 0 Å². The maximum atomic E-state index is 12.4. The predicted octanol–water partition coefficient (Wildman–Crippen LogP) is 3.45. The lowest BCUT2D eigenvalue weighted by molar-refractivity contribution is -0.137. The van der Waals surface area contributed by atoms with E-state index in [1.54, 1.807) is 0 Å². The summed E-state index contributed by atoms with van der Waals surface area (Å²) in [4.78, 5) is 3.91. The highest BCUT2D eigenvalue weighted by Crippen LogP contribution is 2.35. The van der Waals surface area contributed by atoms with Gasteiger partial charge >= 0.3 is 6.18 Å². The van der Waals surface area contributed by atoms with E-state index in [1.165, 1.54) is 6.20 Å². The molecule has 1 fully saturated rings. The Morgan fingerprint density at radius 1 is 1.38 bits per heavy atom. The first-order valence-corrected chi connectivity index (χ1v) is 5.21. The first-order chi connectivity index (χ1) is 7.39. The number of nitrogens with one attached hydrogen (secondary N) is 1. The molecule has 5 heteroatoms. The Morgan fingerprint density at radius 2 is 2.06 bits per heavy atom. The number of alkyl halides is 3. The fourth-order valence-corrected chi connectivity index (χ4v) is 1.82. The van der Waals surface area contributed by atoms with Crippen LogP contribution in [0, 0.1) is 0 Å². The van der Waals surface area contributed by atoms with Gasteiger partial charge in [-0.2, -0.15) is 13.2 Å². The molecule has 0 aliphatic heterocycles. The zero-order chi connectivity index (χ0) is 11.8.